The van der Waals surface area contributed by atoms with Crippen molar-refractivity contribution in [2.45, 2.75) is 19.9 Å². The fraction of sp³-hybridized carbons (Fsp3) is 0.150. The van der Waals surface area contributed by atoms with Crippen LogP contribution in [0.5, 0.6) is 0 Å². The Bertz CT molecular complexity index is 931. The van der Waals surface area contributed by atoms with Crippen LogP contribution < -0.4 is 5.73 Å². The van der Waals surface area contributed by atoms with E-state index in [0.717, 1.165) is 28.9 Å². The van der Waals surface area contributed by atoms with Crippen molar-refractivity contribution in [3.8, 4) is 11.3 Å². The molecule has 2 N–H and O–H groups in total. The average molecular weight is 373 g/mol. The molecule has 0 fully saturated rings. The van der Waals surface area contributed by atoms with Crippen LogP contribution in [0.4, 0.5) is 0 Å². The lowest BCUT2D eigenvalue weighted by Gasteiger charge is -2.13. The van der Waals surface area contributed by atoms with E-state index in [2.05, 4.69) is 4.57 Å². The van der Waals surface area contributed by atoms with E-state index in [0.29, 0.717) is 22.2 Å². The smallest absolute Gasteiger partial charge is 0.250 e. The summed E-state index contributed by atoms with van der Waals surface area (Å²) >= 11 is 12.4. The monoisotopic (exact) mass is 372 g/mol. The summed E-state index contributed by atoms with van der Waals surface area (Å²) in [6, 6.07) is 17.2. The maximum absolute atomic E-state index is 11.8. The molecule has 0 saturated heterocycles. The first-order chi connectivity index (χ1) is 12.0. The maximum Gasteiger partial charge on any atom is 0.250 e. The van der Waals surface area contributed by atoms with Gasteiger partial charge in [-0.2, -0.15) is 0 Å². The quantitative estimate of drug-likeness (QED) is 0.664. The van der Waals surface area contributed by atoms with Gasteiger partial charge in [-0.1, -0.05) is 53.5 Å². The van der Waals surface area contributed by atoms with Crippen molar-refractivity contribution in [3.05, 3.63) is 81.5 Å². The van der Waals surface area contributed by atoms with Gasteiger partial charge < -0.3 is 10.3 Å². The van der Waals surface area contributed by atoms with E-state index in [1.165, 1.54) is 0 Å². The molecule has 0 spiro atoms. The molecule has 3 rings (SSSR count). The third-order valence-corrected chi connectivity index (χ3v) is 4.86. The molecule has 0 bridgehead atoms. The Morgan fingerprint density at radius 3 is 2.52 bits per heavy atom. The number of nitrogens with two attached hydrogens (primary N) is 1. The fourth-order valence-corrected chi connectivity index (χ4v) is 3.45. The Morgan fingerprint density at radius 2 is 1.84 bits per heavy atom. The molecule has 0 aliphatic heterocycles. The average Bonchev–Trinajstić information content (AvgIpc) is 2.90. The summed E-state index contributed by atoms with van der Waals surface area (Å²) in [5.74, 6) is -0.438. The molecule has 0 radical (unpaired) electrons. The van der Waals surface area contributed by atoms with Crippen LogP contribution in [0.3, 0.4) is 0 Å². The van der Waals surface area contributed by atoms with E-state index in [4.69, 9.17) is 28.9 Å². The van der Waals surface area contributed by atoms with Crippen LogP contribution in [0.15, 0.2) is 54.6 Å². The number of nitrogens with zero attached hydrogens (tertiary/aromatic N) is 1. The van der Waals surface area contributed by atoms with Gasteiger partial charge in [0.15, 0.2) is 0 Å². The molecular formula is C20H18Cl2N2O. The third kappa shape index (κ3) is 3.73. The Kier molecular flexibility index (Phi) is 5.16. The van der Waals surface area contributed by atoms with Crippen molar-refractivity contribution >= 4 is 29.1 Å². The van der Waals surface area contributed by atoms with Gasteiger partial charge in [0, 0.05) is 27.8 Å². The Balaban J connectivity index is 2.02. The standard InChI is InChI=1S/C20H18Cl2N2O/c1-13-17(20(23)25)12-19(16-7-2-3-8-18(16)22)24(13)10-9-14-5-4-6-15(21)11-14/h2-8,11-12H,9-10H2,1H3,(H2,23,25). The summed E-state index contributed by atoms with van der Waals surface area (Å²) in [5.41, 5.74) is 9.79. The number of primary amides is 1. The molecular weight excluding hydrogens is 355 g/mol. The van der Waals surface area contributed by atoms with E-state index in [9.17, 15) is 4.79 Å². The van der Waals surface area contributed by atoms with Gasteiger partial charge >= 0.3 is 0 Å². The van der Waals surface area contributed by atoms with Crippen LogP contribution >= 0.6 is 23.2 Å². The number of rotatable bonds is 5. The number of aromatic nitrogens is 1. The highest BCUT2D eigenvalue weighted by Crippen LogP contribution is 2.31. The van der Waals surface area contributed by atoms with Gasteiger partial charge in [0.2, 0.25) is 0 Å². The first kappa shape index (κ1) is 17.6. The number of halogens is 2. The summed E-state index contributed by atoms with van der Waals surface area (Å²) in [7, 11) is 0. The molecule has 128 valence electrons. The predicted molar refractivity (Wildman–Crippen MR) is 103 cm³/mol. The zero-order chi connectivity index (χ0) is 18.0. The first-order valence-corrected chi connectivity index (χ1v) is 8.72. The summed E-state index contributed by atoms with van der Waals surface area (Å²) < 4.78 is 2.09. The molecule has 1 aromatic heterocycles. The minimum Gasteiger partial charge on any atom is -0.366 e. The molecule has 0 unspecified atom stereocenters. The molecule has 0 saturated carbocycles. The molecule has 2 aromatic carbocycles. The number of hydrogen-bond donors (Lipinski definition) is 1. The Hall–Kier alpha value is -2.23. The molecule has 3 aromatic rings. The van der Waals surface area contributed by atoms with Gasteiger partial charge in [0.25, 0.3) is 5.91 Å². The number of amides is 1. The molecule has 0 aliphatic rings. The summed E-state index contributed by atoms with van der Waals surface area (Å²) in [4.78, 5) is 11.8. The van der Waals surface area contributed by atoms with Crippen molar-refractivity contribution in [3.63, 3.8) is 0 Å². The van der Waals surface area contributed by atoms with Gasteiger partial charge in [0.1, 0.15) is 0 Å². The predicted octanol–water partition coefficient (Wildman–Crippen LogP) is 5.11. The molecule has 0 aliphatic carbocycles. The molecule has 1 amide bonds. The minimum absolute atomic E-state index is 0.438. The molecule has 25 heavy (non-hydrogen) atoms. The second kappa shape index (κ2) is 7.34. The van der Waals surface area contributed by atoms with E-state index in [-0.39, 0.29) is 0 Å². The number of carbonyl (C=O) groups is 1. The molecule has 3 nitrogen and oxygen atoms in total. The van der Waals surface area contributed by atoms with Crippen LogP contribution in [-0.4, -0.2) is 10.5 Å². The zero-order valence-corrected chi connectivity index (χ0v) is 15.3. The largest absolute Gasteiger partial charge is 0.366 e. The first-order valence-electron chi connectivity index (χ1n) is 7.96. The lowest BCUT2D eigenvalue weighted by Crippen LogP contribution is -2.13. The van der Waals surface area contributed by atoms with E-state index >= 15 is 0 Å². The van der Waals surface area contributed by atoms with Crippen LogP contribution in [0.2, 0.25) is 10.0 Å². The van der Waals surface area contributed by atoms with Crippen molar-refractivity contribution in [1.29, 1.82) is 0 Å². The molecule has 0 atom stereocenters. The van der Waals surface area contributed by atoms with Gasteiger partial charge in [0.05, 0.1) is 11.3 Å². The minimum atomic E-state index is -0.438. The van der Waals surface area contributed by atoms with Crippen molar-refractivity contribution in [2.24, 2.45) is 5.73 Å². The van der Waals surface area contributed by atoms with Gasteiger partial charge in [-0.3, -0.25) is 4.79 Å². The second-order valence-electron chi connectivity index (χ2n) is 5.90. The zero-order valence-electron chi connectivity index (χ0n) is 13.8. The number of aryl methyl sites for hydroxylation is 1. The fourth-order valence-electron chi connectivity index (χ4n) is 3.01. The highest BCUT2D eigenvalue weighted by atomic mass is 35.5. The topological polar surface area (TPSA) is 48.0 Å². The van der Waals surface area contributed by atoms with Crippen LogP contribution in [0.1, 0.15) is 21.6 Å². The summed E-state index contributed by atoms with van der Waals surface area (Å²) in [6.45, 7) is 2.60. The van der Waals surface area contributed by atoms with Crippen LogP contribution in [0, 0.1) is 6.92 Å². The lowest BCUT2D eigenvalue weighted by atomic mass is 10.1. The van der Waals surface area contributed by atoms with Crippen molar-refractivity contribution < 1.29 is 4.79 Å². The highest BCUT2D eigenvalue weighted by molar-refractivity contribution is 6.33. The normalized spacial score (nSPS) is 10.8. The highest BCUT2D eigenvalue weighted by Gasteiger charge is 2.18. The third-order valence-electron chi connectivity index (χ3n) is 4.29. The van der Waals surface area contributed by atoms with Crippen molar-refractivity contribution in [1.82, 2.24) is 4.57 Å². The Morgan fingerprint density at radius 1 is 1.08 bits per heavy atom. The van der Waals surface area contributed by atoms with E-state index in [1.54, 1.807) is 0 Å². The second-order valence-corrected chi connectivity index (χ2v) is 6.75. The summed E-state index contributed by atoms with van der Waals surface area (Å²) in [6.07, 6.45) is 0.783. The number of benzene rings is 2. The Labute approximate surface area is 157 Å². The van der Waals surface area contributed by atoms with Crippen LogP contribution in [0.25, 0.3) is 11.3 Å². The van der Waals surface area contributed by atoms with Gasteiger partial charge in [-0.05, 0) is 43.2 Å². The van der Waals surface area contributed by atoms with Crippen molar-refractivity contribution in [2.75, 3.05) is 0 Å². The van der Waals surface area contributed by atoms with Gasteiger partial charge in [-0.25, -0.2) is 0 Å². The van der Waals surface area contributed by atoms with Crippen LogP contribution in [-0.2, 0) is 13.0 Å². The number of carbonyl (C=O) groups excluding carboxylic acids is 1. The SMILES string of the molecule is Cc1c(C(N)=O)cc(-c2ccccc2Cl)n1CCc1cccc(Cl)c1. The summed E-state index contributed by atoms with van der Waals surface area (Å²) in [5, 5.41) is 1.35. The van der Waals surface area contributed by atoms with E-state index in [1.807, 2.05) is 61.5 Å². The lowest BCUT2D eigenvalue weighted by molar-refractivity contribution is 0.0999. The molecule has 1 heterocycles. The number of hydrogen-bond acceptors (Lipinski definition) is 1. The van der Waals surface area contributed by atoms with Gasteiger partial charge in [-0.15, -0.1) is 0 Å². The maximum atomic E-state index is 11.8. The van der Waals surface area contributed by atoms with E-state index < -0.39 is 5.91 Å². The molecule has 5 heteroatoms.